The lowest BCUT2D eigenvalue weighted by Crippen LogP contribution is -2.46. The molecule has 1 atom stereocenters. The summed E-state index contributed by atoms with van der Waals surface area (Å²) in [4.78, 5) is 48.0. The molecule has 0 saturated carbocycles. The molecule has 2 heterocycles. The van der Waals surface area contributed by atoms with Crippen LogP contribution in [0.4, 0.5) is 5.69 Å². The van der Waals surface area contributed by atoms with Gasteiger partial charge in [-0.2, -0.15) is 4.99 Å². The van der Waals surface area contributed by atoms with E-state index in [4.69, 9.17) is 9.47 Å². The van der Waals surface area contributed by atoms with Crippen molar-refractivity contribution in [2.45, 2.75) is 25.9 Å². The Balaban J connectivity index is 1.49. The number of hydrogen-bond acceptors (Lipinski definition) is 8. The lowest BCUT2D eigenvalue weighted by Gasteiger charge is -2.30. The number of benzene rings is 2. The van der Waals surface area contributed by atoms with Gasteiger partial charge in [0.1, 0.15) is 17.6 Å². The summed E-state index contributed by atoms with van der Waals surface area (Å²) in [6.45, 7) is 2.33. The zero-order valence-electron chi connectivity index (χ0n) is 18.8. The van der Waals surface area contributed by atoms with Gasteiger partial charge in [0.25, 0.3) is 5.91 Å². The average Bonchev–Trinajstić information content (AvgIpc) is 3.18. The molecule has 2 amide bonds. The minimum atomic E-state index is -0.840. The normalized spacial score (nSPS) is 16.2. The number of nitrogens with zero attached hydrogens (tertiary/aromatic N) is 3. The predicted molar refractivity (Wildman–Crippen MR) is 129 cm³/mol. The first kappa shape index (κ1) is 23.5. The zero-order chi connectivity index (χ0) is 24.1. The number of carbonyl (C=O) groups is 3. The van der Waals surface area contributed by atoms with Gasteiger partial charge in [0.05, 0.1) is 31.6 Å². The van der Waals surface area contributed by atoms with Crippen molar-refractivity contribution < 1.29 is 23.9 Å². The summed E-state index contributed by atoms with van der Waals surface area (Å²) < 4.78 is 10.2. The topological polar surface area (TPSA) is 110 Å². The van der Waals surface area contributed by atoms with Crippen LogP contribution in [0.25, 0.3) is 0 Å². The predicted octanol–water partition coefficient (Wildman–Crippen LogP) is 2.66. The molecule has 1 N–H and O–H groups in total. The Bertz CT molecular complexity index is 1160. The highest BCUT2D eigenvalue weighted by Gasteiger charge is 2.42. The first-order chi connectivity index (χ1) is 16.5. The van der Waals surface area contributed by atoms with Crippen molar-refractivity contribution in [3.05, 3.63) is 59.7 Å². The smallest absolute Gasteiger partial charge is 0.316 e. The number of methoxy groups -OCH3 is 1. The van der Waals surface area contributed by atoms with Crippen LogP contribution >= 0.6 is 11.8 Å². The molecule has 9 nitrogen and oxygen atoms in total. The molecule has 2 aromatic carbocycles. The molecule has 10 heteroatoms. The maximum atomic E-state index is 12.8. The van der Waals surface area contributed by atoms with E-state index < -0.39 is 11.9 Å². The summed E-state index contributed by atoms with van der Waals surface area (Å²) in [5, 5.41) is 3.28. The Morgan fingerprint density at radius 2 is 1.88 bits per heavy atom. The molecule has 2 aliphatic rings. The van der Waals surface area contributed by atoms with Crippen LogP contribution in [-0.2, 0) is 25.7 Å². The molecule has 0 saturated heterocycles. The lowest BCUT2D eigenvalue weighted by molar-refractivity contribution is -0.139. The minimum absolute atomic E-state index is 0.0309. The summed E-state index contributed by atoms with van der Waals surface area (Å²) in [5.41, 5.74) is 2.27. The quantitative estimate of drug-likeness (QED) is 0.579. The molecule has 4 rings (SSSR count). The Kier molecular flexibility index (Phi) is 7.27. The van der Waals surface area contributed by atoms with Crippen LogP contribution in [0, 0.1) is 0 Å². The third kappa shape index (κ3) is 5.12. The maximum absolute atomic E-state index is 12.8. The summed E-state index contributed by atoms with van der Waals surface area (Å²) in [7, 11) is 1.59. The molecule has 2 aromatic rings. The summed E-state index contributed by atoms with van der Waals surface area (Å²) in [6, 6.07) is 13.8. The van der Waals surface area contributed by atoms with Gasteiger partial charge in [0.15, 0.2) is 5.17 Å². The van der Waals surface area contributed by atoms with E-state index in [1.165, 1.54) is 0 Å². The number of para-hydroxylation sites is 1. The molecule has 0 bridgehead atoms. The number of fused-ring (bicyclic) bond motifs is 3. The largest absolute Gasteiger partial charge is 0.497 e. The number of hydrogen-bond donors (Lipinski definition) is 1. The number of aliphatic imine (C=N–C) groups is 2. The number of esters is 1. The van der Waals surface area contributed by atoms with Crippen LogP contribution in [0.15, 0.2) is 58.5 Å². The van der Waals surface area contributed by atoms with Crippen LogP contribution in [0.2, 0.25) is 0 Å². The molecule has 0 radical (unpaired) electrons. The van der Waals surface area contributed by atoms with Gasteiger partial charge in [-0.1, -0.05) is 36.0 Å². The van der Waals surface area contributed by atoms with E-state index in [0.29, 0.717) is 28.8 Å². The van der Waals surface area contributed by atoms with Gasteiger partial charge in [-0.3, -0.25) is 19.3 Å². The van der Waals surface area contributed by atoms with Gasteiger partial charge in [-0.15, -0.1) is 0 Å². The van der Waals surface area contributed by atoms with Crippen molar-refractivity contribution in [1.82, 2.24) is 10.2 Å². The van der Waals surface area contributed by atoms with Gasteiger partial charge in [0.2, 0.25) is 5.91 Å². The van der Waals surface area contributed by atoms with Gasteiger partial charge in [-0.25, -0.2) is 4.99 Å². The first-order valence-electron chi connectivity index (χ1n) is 10.8. The SMILES string of the molecule is CCOC(=O)CSC1=Nc2ccccc2C2=NC(=O)C(CC(=O)NCc3ccc(OC)cc3)N12. The average molecular weight is 481 g/mol. The Hall–Kier alpha value is -3.66. The van der Waals surface area contributed by atoms with Crippen LogP contribution in [0.5, 0.6) is 5.75 Å². The van der Waals surface area contributed by atoms with E-state index in [1.54, 1.807) is 18.9 Å². The number of ether oxygens (including phenoxy) is 2. The number of carbonyl (C=O) groups excluding carboxylic acids is 3. The zero-order valence-corrected chi connectivity index (χ0v) is 19.6. The minimum Gasteiger partial charge on any atom is -0.497 e. The van der Waals surface area contributed by atoms with E-state index in [0.717, 1.165) is 23.1 Å². The van der Waals surface area contributed by atoms with Gasteiger partial charge in [0, 0.05) is 12.1 Å². The number of amides is 2. The number of rotatable bonds is 8. The summed E-state index contributed by atoms with van der Waals surface area (Å²) in [6.07, 6.45) is -0.0941. The highest BCUT2D eigenvalue weighted by atomic mass is 32.2. The fourth-order valence-corrected chi connectivity index (χ4v) is 4.47. The molecule has 176 valence electrons. The van der Waals surface area contributed by atoms with Gasteiger partial charge in [-0.05, 0) is 36.8 Å². The molecule has 0 fully saturated rings. The van der Waals surface area contributed by atoms with Crippen molar-refractivity contribution in [2.24, 2.45) is 9.98 Å². The van der Waals surface area contributed by atoms with Crippen molar-refractivity contribution >= 4 is 46.2 Å². The summed E-state index contributed by atoms with van der Waals surface area (Å²) in [5.74, 6) is 0.106. The molecule has 0 spiro atoms. The fourth-order valence-electron chi connectivity index (χ4n) is 3.62. The molecular weight excluding hydrogens is 456 g/mol. The monoisotopic (exact) mass is 480 g/mol. The highest BCUT2D eigenvalue weighted by Crippen LogP contribution is 2.34. The third-order valence-corrected chi connectivity index (χ3v) is 6.19. The highest BCUT2D eigenvalue weighted by molar-refractivity contribution is 8.14. The maximum Gasteiger partial charge on any atom is 0.316 e. The first-order valence-corrected chi connectivity index (χ1v) is 11.8. The van der Waals surface area contributed by atoms with E-state index in [2.05, 4.69) is 15.3 Å². The van der Waals surface area contributed by atoms with Crippen molar-refractivity contribution in [2.75, 3.05) is 19.5 Å². The Morgan fingerprint density at radius 3 is 2.62 bits per heavy atom. The van der Waals surface area contributed by atoms with E-state index >= 15 is 0 Å². The molecule has 1 unspecified atom stereocenters. The number of amidine groups is 2. The molecule has 2 aliphatic heterocycles. The number of thioether (sulfide) groups is 1. The second-order valence-corrected chi connectivity index (χ2v) is 8.44. The number of nitrogens with one attached hydrogen (secondary N) is 1. The van der Waals surface area contributed by atoms with E-state index in [9.17, 15) is 14.4 Å². The third-order valence-electron chi connectivity index (χ3n) is 5.26. The Morgan fingerprint density at radius 1 is 1.12 bits per heavy atom. The van der Waals surface area contributed by atoms with E-state index in [1.807, 2.05) is 48.5 Å². The molecule has 0 aromatic heterocycles. The van der Waals surface area contributed by atoms with E-state index in [-0.39, 0.29) is 30.7 Å². The second-order valence-electron chi connectivity index (χ2n) is 7.49. The van der Waals surface area contributed by atoms with Crippen molar-refractivity contribution in [3.8, 4) is 5.75 Å². The van der Waals surface area contributed by atoms with Crippen LogP contribution in [0.1, 0.15) is 24.5 Å². The van der Waals surface area contributed by atoms with Crippen LogP contribution < -0.4 is 10.1 Å². The van der Waals surface area contributed by atoms with Crippen molar-refractivity contribution in [1.29, 1.82) is 0 Å². The van der Waals surface area contributed by atoms with Crippen LogP contribution in [0.3, 0.4) is 0 Å². The molecular formula is C24H24N4O5S. The molecule has 0 aliphatic carbocycles. The summed E-state index contributed by atoms with van der Waals surface area (Å²) >= 11 is 1.16. The standard InChI is InChI=1S/C24H24N4O5S/c1-3-33-21(30)14-34-24-26-18-7-5-4-6-17(18)22-27-23(31)19(28(22)24)12-20(29)25-13-15-8-10-16(32-2)11-9-15/h4-11,19H,3,12-14H2,1-2H3,(H,25,29). The second kappa shape index (κ2) is 10.5. The van der Waals surface area contributed by atoms with Gasteiger partial charge < -0.3 is 14.8 Å². The van der Waals surface area contributed by atoms with Crippen LogP contribution in [-0.4, -0.2) is 59.2 Å². The van der Waals surface area contributed by atoms with Gasteiger partial charge >= 0.3 is 5.97 Å². The molecule has 34 heavy (non-hydrogen) atoms. The Labute approximate surface area is 201 Å². The van der Waals surface area contributed by atoms with Crippen molar-refractivity contribution in [3.63, 3.8) is 0 Å². The fraction of sp³-hybridized carbons (Fsp3) is 0.292. The lowest BCUT2D eigenvalue weighted by atomic mass is 10.1.